The molecule has 1 saturated heterocycles. The molecule has 0 aromatic carbocycles. The molecule has 0 saturated carbocycles. The first-order chi connectivity index (χ1) is 25.3. The van der Waals surface area contributed by atoms with Gasteiger partial charge in [0.1, 0.15) is 6.61 Å². The van der Waals surface area contributed by atoms with Crippen molar-refractivity contribution in [2.45, 2.75) is 186 Å². The molecule has 52 heavy (non-hydrogen) atoms. The van der Waals surface area contributed by atoms with Gasteiger partial charge in [-0.05, 0) is 44.9 Å². The lowest BCUT2D eigenvalue weighted by atomic mass is 10.0. The van der Waals surface area contributed by atoms with Crippen LogP contribution in [0.2, 0.25) is 0 Å². The van der Waals surface area contributed by atoms with E-state index in [0.717, 1.165) is 44.9 Å². The summed E-state index contributed by atoms with van der Waals surface area (Å²) in [4.78, 5) is 34.8. The Bertz CT molecular complexity index is 1020. The Morgan fingerprint density at radius 3 is 1.88 bits per heavy atom. The molecule has 1 fully saturated rings. The standard InChI is InChI=1S/C41H74NO9P/c1-3-5-7-8-9-10-11-12-13-18-21-24-28-32-41(44)50-37(36-49-52(45,46)48-34-33-42)35-47-40(43)31-27-23-20-17-15-14-16-19-22-26-30-39-38(51-39)29-25-6-4-2/h14,16-17,20,22,26,37-39H,3-13,15,18-19,21,23-25,27-36,42H2,1-2H3,(H,45,46)/b16-14-,20-17-,26-22-/t37-,38?,39?/m1/s1. The molecule has 4 atom stereocenters. The molecule has 0 spiro atoms. The molecule has 1 aliphatic heterocycles. The summed E-state index contributed by atoms with van der Waals surface area (Å²) in [5.41, 5.74) is 5.33. The van der Waals surface area contributed by atoms with Gasteiger partial charge in [0.05, 0.1) is 25.4 Å². The Hall–Kier alpha value is -1.81. The second kappa shape index (κ2) is 33.7. The average molecular weight is 756 g/mol. The summed E-state index contributed by atoms with van der Waals surface area (Å²) in [7, 11) is -4.39. The Morgan fingerprint density at radius 2 is 1.25 bits per heavy atom. The molecule has 1 rings (SSSR count). The lowest BCUT2D eigenvalue weighted by Crippen LogP contribution is -2.29. The first-order valence-corrected chi connectivity index (χ1v) is 22.1. The van der Waals surface area contributed by atoms with Crippen LogP contribution in [0.1, 0.15) is 168 Å². The Kier molecular flexibility index (Phi) is 31.3. The van der Waals surface area contributed by atoms with Crippen molar-refractivity contribution < 1.29 is 42.3 Å². The van der Waals surface area contributed by atoms with E-state index in [2.05, 4.69) is 44.2 Å². The van der Waals surface area contributed by atoms with Gasteiger partial charge in [-0.3, -0.25) is 18.6 Å². The first-order valence-electron chi connectivity index (χ1n) is 20.6. The van der Waals surface area contributed by atoms with Crippen molar-refractivity contribution in [2.75, 3.05) is 26.4 Å². The number of allylic oxidation sites excluding steroid dienone is 5. The average Bonchev–Trinajstić information content (AvgIpc) is 3.88. The van der Waals surface area contributed by atoms with Gasteiger partial charge < -0.3 is 24.8 Å². The topological polar surface area (TPSA) is 147 Å². The van der Waals surface area contributed by atoms with Crippen LogP contribution in [-0.4, -0.2) is 61.5 Å². The van der Waals surface area contributed by atoms with Crippen LogP contribution in [0.5, 0.6) is 0 Å². The third kappa shape index (κ3) is 30.6. The molecule has 0 radical (unpaired) electrons. The van der Waals surface area contributed by atoms with E-state index in [1.54, 1.807) is 0 Å². The maximum absolute atomic E-state index is 12.5. The van der Waals surface area contributed by atoms with Crippen molar-refractivity contribution >= 4 is 19.8 Å². The molecule has 3 N–H and O–H groups in total. The fourth-order valence-electron chi connectivity index (χ4n) is 5.78. The predicted molar refractivity (Wildman–Crippen MR) is 210 cm³/mol. The highest BCUT2D eigenvalue weighted by molar-refractivity contribution is 7.47. The van der Waals surface area contributed by atoms with E-state index in [4.69, 9.17) is 29.0 Å². The minimum Gasteiger partial charge on any atom is -0.462 e. The van der Waals surface area contributed by atoms with Gasteiger partial charge in [0, 0.05) is 19.4 Å². The monoisotopic (exact) mass is 756 g/mol. The van der Waals surface area contributed by atoms with Crippen molar-refractivity contribution in [3.8, 4) is 0 Å². The SMILES string of the molecule is CCCCCCCCCCCCCCCC(=O)O[C@H](COC(=O)CCC/C=C\C/C=C\C/C=C\CC1OC1CCCCC)COP(=O)(O)OCCN. The van der Waals surface area contributed by atoms with Gasteiger partial charge in [0.25, 0.3) is 0 Å². The summed E-state index contributed by atoms with van der Waals surface area (Å²) in [6, 6.07) is 0. The van der Waals surface area contributed by atoms with E-state index in [1.165, 1.54) is 83.5 Å². The highest BCUT2D eigenvalue weighted by Crippen LogP contribution is 2.43. The van der Waals surface area contributed by atoms with E-state index in [-0.39, 0.29) is 32.6 Å². The number of nitrogens with two attached hydrogens (primary N) is 1. The molecular weight excluding hydrogens is 681 g/mol. The molecular formula is C41H74NO9P. The van der Waals surface area contributed by atoms with Gasteiger partial charge in [-0.2, -0.15) is 0 Å². The van der Waals surface area contributed by atoms with Crippen LogP contribution in [-0.2, 0) is 37.4 Å². The van der Waals surface area contributed by atoms with Crippen molar-refractivity contribution in [1.82, 2.24) is 0 Å². The van der Waals surface area contributed by atoms with Gasteiger partial charge in [0.15, 0.2) is 6.10 Å². The molecule has 3 unspecified atom stereocenters. The fourth-order valence-corrected chi connectivity index (χ4v) is 6.54. The zero-order valence-electron chi connectivity index (χ0n) is 32.7. The van der Waals surface area contributed by atoms with Gasteiger partial charge >= 0.3 is 19.8 Å². The quantitative estimate of drug-likeness (QED) is 0.0206. The van der Waals surface area contributed by atoms with Crippen LogP contribution in [0.15, 0.2) is 36.5 Å². The number of epoxide rings is 1. The second-order valence-electron chi connectivity index (χ2n) is 13.9. The molecule has 11 heteroatoms. The van der Waals surface area contributed by atoms with Crippen LogP contribution in [0.4, 0.5) is 0 Å². The molecule has 0 aromatic heterocycles. The van der Waals surface area contributed by atoms with Gasteiger partial charge in [-0.25, -0.2) is 4.57 Å². The number of esters is 2. The van der Waals surface area contributed by atoms with E-state index >= 15 is 0 Å². The highest BCUT2D eigenvalue weighted by Gasteiger charge is 2.36. The smallest absolute Gasteiger partial charge is 0.462 e. The molecule has 0 bridgehead atoms. The number of phosphoric ester groups is 1. The summed E-state index contributed by atoms with van der Waals surface area (Å²) in [5.74, 6) is -0.897. The van der Waals surface area contributed by atoms with Crippen LogP contribution < -0.4 is 5.73 Å². The number of ether oxygens (including phenoxy) is 3. The molecule has 0 aromatic rings. The highest BCUT2D eigenvalue weighted by atomic mass is 31.2. The zero-order valence-corrected chi connectivity index (χ0v) is 33.6. The van der Waals surface area contributed by atoms with Gasteiger partial charge in [-0.15, -0.1) is 0 Å². The van der Waals surface area contributed by atoms with E-state index < -0.39 is 32.5 Å². The fraction of sp³-hybridized carbons (Fsp3) is 0.805. The number of rotatable bonds is 37. The van der Waals surface area contributed by atoms with E-state index in [9.17, 15) is 19.0 Å². The zero-order chi connectivity index (χ0) is 38.0. The number of hydrogen-bond acceptors (Lipinski definition) is 9. The van der Waals surface area contributed by atoms with Crippen LogP contribution in [0.25, 0.3) is 0 Å². The number of phosphoric acid groups is 1. The maximum Gasteiger partial charge on any atom is 0.472 e. The minimum absolute atomic E-state index is 0.0447. The summed E-state index contributed by atoms with van der Waals surface area (Å²) >= 11 is 0. The third-order valence-electron chi connectivity index (χ3n) is 8.95. The lowest BCUT2D eigenvalue weighted by molar-refractivity contribution is -0.161. The van der Waals surface area contributed by atoms with Crippen molar-refractivity contribution in [3.63, 3.8) is 0 Å². The third-order valence-corrected chi connectivity index (χ3v) is 9.94. The van der Waals surface area contributed by atoms with Crippen LogP contribution in [0.3, 0.4) is 0 Å². The number of unbranched alkanes of at least 4 members (excludes halogenated alkanes) is 15. The molecule has 1 aliphatic rings. The lowest BCUT2D eigenvalue weighted by Gasteiger charge is -2.19. The molecule has 302 valence electrons. The van der Waals surface area contributed by atoms with E-state index in [1.807, 2.05) is 6.08 Å². The second-order valence-corrected chi connectivity index (χ2v) is 15.3. The Morgan fingerprint density at radius 1 is 0.692 bits per heavy atom. The Labute approximate surface area is 316 Å². The van der Waals surface area contributed by atoms with Crippen molar-refractivity contribution in [1.29, 1.82) is 0 Å². The van der Waals surface area contributed by atoms with Crippen molar-refractivity contribution in [3.05, 3.63) is 36.5 Å². The minimum atomic E-state index is -4.39. The van der Waals surface area contributed by atoms with Crippen molar-refractivity contribution in [2.24, 2.45) is 5.73 Å². The summed E-state index contributed by atoms with van der Waals surface area (Å²) in [5, 5.41) is 0. The van der Waals surface area contributed by atoms with Gasteiger partial charge in [-0.1, -0.05) is 147 Å². The maximum atomic E-state index is 12.5. The van der Waals surface area contributed by atoms with Crippen LogP contribution >= 0.6 is 7.82 Å². The summed E-state index contributed by atoms with van der Waals surface area (Å²) in [6.07, 6.45) is 37.8. The number of carbonyl (C=O) groups excluding carboxylic acids is 2. The largest absolute Gasteiger partial charge is 0.472 e. The number of carbonyl (C=O) groups is 2. The number of hydrogen-bond donors (Lipinski definition) is 2. The first kappa shape index (κ1) is 48.2. The van der Waals surface area contributed by atoms with E-state index in [0.29, 0.717) is 25.0 Å². The molecule has 10 nitrogen and oxygen atoms in total. The molecule has 0 amide bonds. The summed E-state index contributed by atoms with van der Waals surface area (Å²) < 4.78 is 38.4. The molecule has 0 aliphatic carbocycles. The molecule has 1 heterocycles. The summed E-state index contributed by atoms with van der Waals surface area (Å²) in [6.45, 7) is 3.62. The van der Waals surface area contributed by atoms with Crippen LogP contribution in [0, 0.1) is 0 Å². The normalized spacial score (nSPS) is 17.6. The van der Waals surface area contributed by atoms with Gasteiger partial charge in [0.2, 0.25) is 0 Å². The Balaban J connectivity index is 2.23. The predicted octanol–water partition coefficient (Wildman–Crippen LogP) is 10.4.